The van der Waals surface area contributed by atoms with E-state index in [0.29, 0.717) is 15.6 Å². The highest BCUT2D eigenvalue weighted by Crippen LogP contribution is 2.29. The minimum atomic E-state index is -3.83. The van der Waals surface area contributed by atoms with Crippen LogP contribution in [0.15, 0.2) is 46.3 Å². The zero-order valence-electron chi connectivity index (χ0n) is 18.0. The van der Waals surface area contributed by atoms with E-state index in [1.807, 2.05) is 0 Å². The van der Waals surface area contributed by atoms with E-state index in [-0.39, 0.29) is 28.2 Å². The number of hydrogen-bond acceptors (Lipinski definition) is 9. The second-order valence-electron chi connectivity index (χ2n) is 7.73. The van der Waals surface area contributed by atoms with E-state index in [1.165, 1.54) is 4.90 Å². The third kappa shape index (κ3) is 4.59. The molecule has 0 spiro atoms. The van der Waals surface area contributed by atoms with E-state index in [9.17, 15) is 17.2 Å². The summed E-state index contributed by atoms with van der Waals surface area (Å²) in [6.45, 7) is 1.70. The number of nitrogen functional groups attached to an aromatic ring is 2. The number of benzene rings is 2. The molecule has 0 saturated carbocycles. The summed E-state index contributed by atoms with van der Waals surface area (Å²) in [4.78, 5) is 13.7. The molecule has 178 valence electrons. The minimum absolute atomic E-state index is 0.113. The molecule has 9 nitrogen and oxygen atoms in total. The van der Waals surface area contributed by atoms with Crippen molar-refractivity contribution in [1.29, 1.82) is 0 Å². The quantitative estimate of drug-likeness (QED) is 0.474. The van der Waals surface area contributed by atoms with E-state index < -0.39 is 33.7 Å². The van der Waals surface area contributed by atoms with Crippen molar-refractivity contribution in [3.63, 3.8) is 0 Å². The van der Waals surface area contributed by atoms with Crippen LogP contribution in [0.5, 0.6) is 0 Å². The van der Waals surface area contributed by atoms with Crippen molar-refractivity contribution >= 4 is 50.9 Å². The van der Waals surface area contributed by atoms with Crippen LogP contribution in [0.25, 0.3) is 6.20 Å². The van der Waals surface area contributed by atoms with Gasteiger partial charge in [-0.1, -0.05) is 17.7 Å². The summed E-state index contributed by atoms with van der Waals surface area (Å²) in [5, 5.41) is 4.48. The van der Waals surface area contributed by atoms with Gasteiger partial charge >= 0.3 is 0 Å². The Kier molecular flexibility index (Phi) is 6.04. The maximum Gasteiger partial charge on any atom is 0.224 e. The van der Waals surface area contributed by atoms with Crippen LogP contribution in [0, 0.1) is 11.6 Å². The van der Waals surface area contributed by atoms with Gasteiger partial charge in [0.05, 0.1) is 16.4 Å². The lowest BCUT2D eigenvalue weighted by molar-refractivity contribution is 0.565. The number of nitrogens with two attached hydrogens (primary N) is 2. The Morgan fingerprint density at radius 1 is 1.15 bits per heavy atom. The molecule has 0 fully saturated rings. The number of sulfone groups is 1. The van der Waals surface area contributed by atoms with Crippen molar-refractivity contribution in [1.82, 2.24) is 9.97 Å². The van der Waals surface area contributed by atoms with Gasteiger partial charge in [-0.05, 0) is 31.2 Å². The molecule has 1 aliphatic heterocycles. The maximum atomic E-state index is 14.0. The highest BCUT2D eigenvalue weighted by Gasteiger charge is 2.29. The summed E-state index contributed by atoms with van der Waals surface area (Å²) >= 11 is 6.33. The van der Waals surface area contributed by atoms with Gasteiger partial charge in [0.1, 0.15) is 23.6 Å². The normalized spacial score (nSPS) is 16.3. The van der Waals surface area contributed by atoms with Gasteiger partial charge in [0.25, 0.3) is 0 Å². The molecule has 34 heavy (non-hydrogen) atoms. The molecule has 0 bridgehead atoms. The molecule has 2 atom stereocenters. The first-order valence-corrected chi connectivity index (χ1v) is 12.2. The molecule has 5 N–H and O–H groups in total. The van der Waals surface area contributed by atoms with Gasteiger partial charge in [0, 0.05) is 29.4 Å². The molecule has 2 aromatic carbocycles. The molecule has 0 saturated heterocycles. The Hall–Kier alpha value is -3.51. The zero-order chi connectivity index (χ0) is 24.8. The Morgan fingerprint density at radius 2 is 1.82 bits per heavy atom. The van der Waals surface area contributed by atoms with Crippen LogP contribution in [-0.4, -0.2) is 36.8 Å². The van der Waals surface area contributed by atoms with Gasteiger partial charge in [-0.2, -0.15) is 9.97 Å². The van der Waals surface area contributed by atoms with E-state index in [4.69, 9.17) is 28.1 Å². The Balaban J connectivity index is 1.85. The first kappa shape index (κ1) is 23.6. The molecule has 0 amide bonds. The largest absolute Gasteiger partial charge is 0.382 e. The molecular weight excluding hydrogens is 488 g/mol. The van der Waals surface area contributed by atoms with Crippen LogP contribution >= 0.6 is 11.6 Å². The van der Waals surface area contributed by atoms with Gasteiger partial charge in [-0.15, -0.1) is 0 Å². The summed E-state index contributed by atoms with van der Waals surface area (Å²) in [5.74, 6) is -2.20. The number of anilines is 4. The van der Waals surface area contributed by atoms with Gasteiger partial charge < -0.3 is 21.7 Å². The number of nitrogens with one attached hydrogen (secondary N) is 1. The maximum absolute atomic E-state index is 14.0. The summed E-state index contributed by atoms with van der Waals surface area (Å²) in [6.07, 6.45) is 1.80. The number of rotatable bonds is 5. The van der Waals surface area contributed by atoms with Crippen molar-refractivity contribution in [2.24, 2.45) is 4.99 Å². The number of nitrogens with zero attached hydrogens (tertiary/aromatic N) is 4. The van der Waals surface area contributed by atoms with E-state index in [2.05, 4.69) is 15.3 Å². The van der Waals surface area contributed by atoms with Crippen LogP contribution in [0.1, 0.15) is 6.92 Å². The van der Waals surface area contributed by atoms with Gasteiger partial charge in [0.2, 0.25) is 5.95 Å². The first-order chi connectivity index (χ1) is 15.9. The Morgan fingerprint density at radius 3 is 2.47 bits per heavy atom. The Bertz CT molecular complexity index is 1500. The minimum Gasteiger partial charge on any atom is -0.382 e. The first-order valence-electron chi connectivity index (χ1n) is 9.92. The lowest BCUT2D eigenvalue weighted by atomic mass is 10.1. The highest BCUT2D eigenvalue weighted by molar-refractivity contribution is 7.91. The van der Waals surface area contributed by atoms with Crippen LogP contribution < -0.4 is 32.3 Å². The molecular formula is C21H20ClF2N7O2S. The topological polar surface area (TPSA) is 140 Å². The van der Waals surface area contributed by atoms with E-state index >= 15 is 0 Å². The number of halogens is 3. The summed E-state index contributed by atoms with van der Waals surface area (Å²) < 4.78 is 52.7. The smallest absolute Gasteiger partial charge is 0.224 e. The molecule has 2 heterocycles. The molecule has 1 aromatic heterocycles. The Labute approximate surface area is 198 Å². The number of aromatic nitrogens is 2. The fourth-order valence-electron chi connectivity index (χ4n) is 3.69. The number of hydrogen-bond donors (Lipinski definition) is 3. The average molecular weight is 508 g/mol. The molecule has 0 aliphatic carbocycles. The predicted molar refractivity (Wildman–Crippen MR) is 126 cm³/mol. The predicted octanol–water partition coefficient (Wildman–Crippen LogP) is 1.68. The van der Waals surface area contributed by atoms with Crippen molar-refractivity contribution in [2.75, 3.05) is 27.9 Å². The molecule has 1 aliphatic rings. The monoisotopic (exact) mass is 507 g/mol. The second-order valence-corrected chi connectivity index (χ2v) is 10.1. The van der Waals surface area contributed by atoms with Crippen molar-refractivity contribution < 1.29 is 17.2 Å². The highest BCUT2D eigenvalue weighted by atomic mass is 35.5. The average Bonchev–Trinajstić information content (AvgIpc) is 2.71. The van der Waals surface area contributed by atoms with E-state index in [0.717, 1.165) is 24.5 Å². The number of fused-ring (bicyclic) bond motifs is 1. The fraction of sp³-hybridized carbons (Fsp3) is 0.190. The summed E-state index contributed by atoms with van der Waals surface area (Å²) in [6, 6.07) is 7.53. The molecule has 13 heteroatoms. The van der Waals surface area contributed by atoms with Gasteiger partial charge in [-0.25, -0.2) is 17.2 Å². The molecule has 0 radical (unpaired) electrons. The molecule has 1 unspecified atom stereocenters. The van der Waals surface area contributed by atoms with Crippen molar-refractivity contribution in [3.05, 3.63) is 63.6 Å². The zero-order valence-corrected chi connectivity index (χ0v) is 19.6. The molecule has 3 aromatic rings. The lowest BCUT2D eigenvalue weighted by Crippen LogP contribution is -2.49. The standard InChI is InChI=1S/C21H20ClF2N7O2S/c1-10(27-19-17(34(2,32)33)18(25)29-21(26)30-19)20-28-16-5-3-4-15(22)14(16)9-31(20)13-7-11(23)6-12(24)8-13/h3-10,20H,1-2H3,(H5,25,26,27,29,30)/t10?,20-/m1/s1. The van der Waals surface area contributed by atoms with Crippen molar-refractivity contribution in [3.8, 4) is 0 Å². The molecule has 4 rings (SSSR count). The van der Waals surface area contributed by atoms with Gasteiger partial charge in [0.15, 0.2) is 20.6 Å². The lowest BCUT2D eigenvalue weighted by Gasteiger charge is -2.35. The summed E-state index contributed by atoms with van der Waals surface area (Å²) in [5.41, 5.74) is 11.7. The van der Waals surface area contributed by atoms with Crippen LogP contribution in [0.4, 0.5) is 32.1 Å². The third-order valence-electron chi connectivity index (χ3n) is 5.09. The second kappa shape index (κ2) is 8.69. The van der Waals surface area contributed by atoms with Crippen LogP contribution in [0.3, 0.4) is 0 Å². The van der Waals surface area contributed by atoms with E-state index in [1.54, 1.807) is 31.3 Å². The van der Waals surface area contributed by atoms with Crippen LogP contribution in [0.2, 0.25) is 5.02 Å². The summed E-state index contributed by atoms with van der Waals surface area (Å²) in [7, 11) is -3.83. The fourth-order valence-corrected chi connectivity index (χ4v) is 4.79. The van der Waals surface area contributed by atoms with Crippen LogP contribution in [-0.2, 0) is 9.84 Å². The van der Waals surface area contributed by atoms with Crippen molar-refractivity contribution in [2.45, 2.75) is 24.0 Å². The third-order valence-corrected chi connectivity index (χ3v) is 6.57. The van der Waals surface area contributed by atoms with Gasteiger partial charge in [-0.3, -0.25) is 4.99 Å². The SMILES string of the molecule is CC(Nc1nc(N)nc(N)c1S(C)(=O)=O)[C@@H]1N=c2cccc(Cl)c2=CN1c1cc(F)cc(F)c1.